The molecule has 1 saturated carbocycles. The Morgan fingerprint density at radius 3 is 2.32 bits per heavy atom. The molecule has 1 aliphatic rings. The molecule has 25 heavy (non-hydrogen) atoms. The summed E-state index contributed by atoms with van der Waals surface area (Å²) < 4.78 is 0. The zero-order chi connectivity index (χ0) is 18.1. The monoisotopic (exact) mass is 345 g/mol. The summed E-state index contributed by atoms with van der Waals surface area (Å²) in [6.45, 7) is 2.03. The van der Waals surface area contributed by atoms with Crippen LogP contribution in [0.25, 0.3) is 0 Å². The van der Waals surface area contributed by atoms with E-state index in [4.69, 9.17) is 0 Å². The van der Waals surface area contributed by atoms with Crippen LogP contribution in [-0.4, -0.2) is 17.7 Å². The van der Waals surface area contributed by atoms with E-state index in [0.29, 0.717) is 30.0 Å². The van der Waals surface area contributed by atoms with Gasteiger partial charge in [-0.25, -0.2) is 0 Å². The third-order valence-corrected chi connectivity index (χ3v) is 4.45. The van der Waals surface area contributed by atoms with Crippen LogP contribution in [0, 0.1) is 5.92 Å². The largest absolute Gasteiger partial charge is 0.326 e. The van der Waals surface area contributed by atoms with Crippen LogP contribution in [0.3, 0.4) is 0 Å². The molecule has 1 aromatic carbocycles. The maximum absolute atomic E-state index is 12.0. The minimum atomic E-state index is -0.372. The molecule has 6 heteroatoms. The molecule has 0 aliphatic heterocycles. The average Bonchev–Trinajstić information content (AvgIpc) is 3.11. The Bertz CT molecular complexity index is 592. The second kappa shape index (κ2) is 9.81. The van der Waals surface area contributed by atoms with E-state index in [-0.39, 0.29) is 17.7 Å². The predicted octanol–water partition coefficient (Wildman–Crippen LogP) is 3.16. The summed E-state index contributed by atoms with van der Waals surface area (Å²) in [5.41, 5.74) is 5.98. The average molecular weight is 345 g/mol. The summed E-state index contributed by atoms with van der Waals surface area (Å²) in [6, 6.07) is 6.60. The molecule has 3 N–H and O–H groups in total. The van der Waals surface area contributed by atoms with E-state index < -0.39 is 0 Å². The van der Waals surface area contributed by atoms with Crippen molar-refractivity contribution in [3.05, 3.63) is 29.8 Å². The Labute approximate surface area is 148 Å². The molecule has 0 spiro atoms. The molecule has 0 aromatic heterocycles. The number of rotatable bonds is 7. The second-order valence-corrected chi connectivity index (χ2v) is 6.59. The van der Waals surface area contributed by atoms with Crippen LogP contribution in [-0.2, 0) is 9.59 Å². The maximum atomic E-state index is 12.0. The van der Waals surface area contributed by atoms with Crippen LogP contribution >= 0.6 is 0 Å². The minimum absolute atomic E-state index is 0.0294. The smallest absolute Gasteiger partial charge is 0.269 e. The van der Waals surface area contributed by atoms with E-state index in [2.05, 4.69) is 16.2 Å². The molecule has 2 rings (SSSR count). The number of nitrogens with one attached hydrogen (secondary N) is 3. The molecule has 0 atom stereocenters. The zero-order valence-electron chi connectivity index (χ0n) is 14.8. The number of hydrazine groups is 1. The molecule has 3 amide bonds. The molecular formula is C19H27N3O3. The lowest BCUT2D eigenvalue weighted by molar-refractivity contribution is -0.122. The minimum Gasteiger partial charge on any atom is -0.326 e. The van der Waals surface area contributed by atoms with Gasteiger partial charge in [0.15, 0.2) is 0 Å². The Balaban J connectivity index is 1.75. The molecule has 1 aliphatic carbocycles. The zero-order valence-corrected chi connectivity index (χ0v) is 14.8. The van der Waals surface area contributed by atoms with E-state index in [1.807, 2.05) is 6.92 Å². The van der Waals surface area contributed by atoms with E-state index in [1.54, 1.807) is 24.3 Å². The number of benzene rings is 1. The van der Waals surface area contributed by atoms with Gasteiger partial charge in [0, 0.05) is 24.1 Å². The lowest BCUT2D eigenvalue weighted by Crippen LogP contribution is -2.42. The first-order valence-corrected chi connectivity index (χ1v) is 9.07. The van der Waals surface area contributed by atoms with Crippen molar-refractivity contribution in [3.8, 4) is 0 Å². The number of hydrogen-bond acceptors (Lipinski definition) is 3. The summed E-state index contributed by atoms with van der Waals surface area (Å²) in [5.74, 6) is -0.116. The van der Waals surface area contributed by atoms with Crippen molar-refractivity contribution >= 4 is 23.4 Å². The van der Waals surface area contributed by atoms with Gasteiger partial charge in [0.2, 0.25) is 11.8 Å². The van der Waals surface area contributed by atoms with E-state index in [9.17, 15) is 14.4 Å². The summed E-state index contributed by atoms with van der Waals surface area (Å²) in [5, 5.41) is 2.79. The topological polar surface area (TPSA) is 87.3 Å². The third kappa shape index (κ3) is 6.57. The highest BCUT2D eigenvalue weighted by atomic mass is 16.2. The standard InChI is InChI=1S/C19H27N3O3/c1-2-3-8-17(23)20-16-11-9-15(10-12-16)19(25)22-21-18(24)13-14-6-4-5-7-14/h9-12,14H,2-8,13H2,1H3,(H,20,23)(H,21,24)(H,22,25). The van der Waals surface area contributed by atoms with Gasteiger partial charge in [-0.1, -0.05) is 26.2 Å². The van der Waals surface area contributed by atoms with Crippen LogP contribution < -0.4 is 16.2 Å². The quantitative estimate of drug-likeness (QED) is 0.663. The van der Waals surface area contributed by atoms with Crippen molar-refractivity contribution in [2.45, 2.75) is 58.3 Å². The van der Waals surface area contributed by atoms with Crippen LogP contribution in [0.15, 0.2) is 24.3 Å². The fourth-order valence-corrected chi connectivity index (χ4v) is 2.99. The van der Waals surface area contributed by atoms with Crippen LogP contribution in [0.5, 0.6) is 0 Å². The SMILES string of the molecule is CCCCC(=O)Nc1ccc(C(=O)NNC(=O)CC2CCCC2)cc1. The summed E-state index contributed by atoms with van der Waals surface area (Å²) >= 11 is 0. The number of unbranched alkanes of at least 4 members (excludes halogenated alkanes) is 1. The molecule has 0 heterocycles. The van der Waals surface area contributed by atoms with E-state index in [1.165, 1.54) is 12.8 Å². The van der Waals surface area contributed by atoms with E-state index >= 15 is 0 Å². The normalized spacial score (nSPS) is 14.1. The van der Waals surface area contributed by atoms with Gasteiger partial charge in [0.25, 0.3) is 5.91 Å². The Morgan fingerprint density at radius 1 is 1.00 bits per heavy atom. The molecule has 0 unspecified atom stereocenters. The Kier molecular flexibility index (Phi) is 7.44. The number of carbonyl (C=O) groups is 3. The lowest BCUT2D eigenvalue weighted by atomic mass is 10.0. The molecule has 0 saturated heterocycles. The van der Waals surface area contributed by atoms with Crippen molar-refractivity contribution in [1.29, 1.82) is 0 Å². The van der Waals surface area contributed by atoms with Gasteiger partial charge in [-0.15, -0.1) is 0 Å². The van der Waals surface area contributed by atoms with Gasteiger partial charge >= 0.3 is 0 Å². The lowest BCUT2D eigenvalue weighted by Gasteiger charge is -2.11. The first kappa shape index (κ1) is 19.0. The highest BCUT2D eigenvalue weighted by Gasteiger charge is 2.18. The van der Waals surface area contributed by atoms with Crippen LogP contribution in [0.2, 0.25) is 0 Å². The van der Waals surface area contributed by atoms with Crippen molar-refractivity contribution in [3.63, 3.8) is 0 Å². The van der Waals surface area contributed by atoms with E-state index in [0.717, 1.165) is 25.7 Å². The van der Waals surface area contributed by atoms with Crippen LogP contribution in [0.1, 0.15) is 68.6 Å². The van der Waals surface area contributed by atoms with Gasteiger partial charge in [0.05, 0.1) is 0 Å². The number of amides is 3. The summed E-state index contributed by atoms with van der Waals surface area (Å²) in [6.07, 6.45) is 7.33. The Hall–Kier alpha value is -2.37. The molecule has 136 valence electrons. The highest BCUT2D eigenvalue weighted by molar-refractivity contribution is 5.96. The first-order valence-electron chi connectivity index (χ1n) is 9.07. The number of anilines is 1. The first-order chi connectivity index (χ1) is 12.1. The van der Waals surface area contributed by atoms with Gasteiger partial charge in [-0.05, 0) is 49.4 Å². The Morgan fingerprint density at radius 2 is 1.68 bits per heavy atom. The van der Waals surface area contributed by atoms with Crippen molar-refractivity contribution < 1.29 is 14.4 Å². The number of carbonyl (C=O) groups excluding carboxylic acids is 3. The fraction of sp³-hybridized carbons (Fsp3) is 0.526. The molecule has 0 bridgehead atoms. The maximum Gasteiger partial charge on any atom is 0.269 e. The highest BCUT2D eigenvalue weighted by Crippen LogP contribution is 2.27. The van der Waals surface area contributed by atoms with Gasteiger partial charge in [-0.2, -0.15) is 0 Å². The van der Waals surface area contributed by atoms with Crippen LogP contribution in [0.4, 0.5) is 5.69 Å². The third-order valence-electron chi connectivity index (χ3n) is 4.45. The molecule has 1 fully saturated rings. The van der Waals surface area contributed by atoms with Crippen molar-refractivity contribution in [1.82, 2.24) is 10.9 Å². The molecular weight excluding hydrogens is 318 g/mol. The van der Waals surface area contributed by atoms with Gasteiger partial charge < -0.3 is 5.32 Å². The predicted molar refractivity (Wildman–Crippen MR) is 96.8 cm³/mol. The molecule has 6 nitrogen and oxygen atoms in total. The second-order valence-electron chi connectivity index (χ2n) is 6.59. The summed E-state index contributed by atoms with van der Waals surface area (Å²) in [4.78, 5) is 35.5. The van der Waals surface area contributed by atoms with Gasteiger partial charge in [0.1, 0.15) is 0 Å². The van der Waals surface area contributed by atoms with Crippen molar-refractivity contribution in [2.75, 3.05) is 5.32 Å². The van der Waals surface area contributed by atoms with Gasteiger partial charge in [-0.3, -0.25) is 25.2 Å². The van der Waals surface area contributed by atoms with Crippen molar-refractivity contribution in [2.24, 2.45) is 5.92 Å². The number of hydrogen-bond donors (Lipinski definition) is 3. The molecule has 0 radical (unpaired) electrons. The fourth-order valence-electron chi connectivity index (χ4n) is 2.99. The summed E-state index contributed by atoms with van der Waals surface area (Å²) in [7, 11) is 0. The molecule has 1 aromatic rings.